The molecule has 0 aliphatic carbocycles. The van der Waals surface area contributed by atoms with Crippen LogP contribution in [0.1, 0.15) is 26.3 Å². The maximum Gasteiger partial charge on any atom is 0.121 e. The molecule has 0 saturated heterocycles. The Morgan fingerprint density at radius 1 is 1.24 bits per heavy atom. The largest absolute Gasteiger partial charge is 0.496 e. The van der Waals surface area contributed by atoms with E-state index in [0.29, 0.717) is 0 Å². The van der Waals surface area contributed by atoms with Crippen molar-refractivity contribution in [2.45, 2.75) is 39.3 Å². The molecule has 0 radical (unpaired) electrons. The molecule has 1 N–H and O–H groups in total. The Morgan fingerprint density at radius 3 is 2.35 bits per heavy atom. The molecule has 0 bridgehead atoms. The molecule has 3 nitrogen and oxygen atoms in total. The number of methoxy groups -OCH3 is 2. The Hall–Kier alpha value is -1.22. The second kappa shape index (κ2) is 5.41. The van der Waals surface area contributed by atoms with Gasteiger partial charge in [0.25, 0.3) is 0 Å². The molecule has 17 heavy (non-hydrogen) atoms. The van der Waals surface area contributed by atoms with Crippen molar-refractivity contribution in [2.24, 2.45) is 0 Å². The molecule has 0 aliphatic rings. The Balaban J connectivity index is 2.79. The van der Waals surface area contributed by atoms with Gasteiger partial charge in [0.05, 0.1) is 18.8 Å². The lowest BCUT2D eigenvalue weighted by atomic mass is 10.00. The third-order valence-corrected chi connectivity index (χ3v) is 3.35. The predicted molar refractivity (Wildman–Crippen MR) is 71.9 cm³/mol. The van der Waals surface area contributed by atoms with Crippen LogP contribution < -0.4 is 10.1 Å². The molecule has 0 aromatic heterocycles. The molecule has 0 saturated carbocycles. The highest BCUT2D eigenvalue weighted by molar-refractivity contribution is 5.51. The van der Waals surface area contributed by atoms with Gasteiger partial charge in [-0.25, -0.2) is 0 Å². The fraction of sp³-hybridized carbons (Fsp3) is 0.571. The van der Waals surface area contributed by atoms with Gasteiger partial charge in [0.2, 0.25) is 0 Å². The van der Waals surface area contributed by atoms with Crippen molar-refractivity contribution in [3.05, 3.63) is 23.8 Å². The second-order valence-corrected chi connectivity index (χ2v) is 4.86. The van der Waals surface area contributed by atoms with Crippen LogP contribution in [0.5, 0.6) is 5.75 Å². The van der Waals surface area contributed by atoms with Crippen molar-refractivity contribution < 1.29 is 9.47 Å². The molecule has 0 fully saturated rings. The smallest absolute Gasteiger partial charge is 0.121 e. The molecule has 0 heterocycles. The number of aryl methyl sites for hydroxylation is 1. The molecular weight excluding hydrogens is 214 g/mol. The van der Waals surface area contributed by atoms with E-state index in [4.69, 9.17) is 9.47 Å². The van der Waals surface area contributed by atoms with Gasteiger partial charge >= 0.3 is 0 Å². The van der Waals surface area contributed by atoms with Crippen LogP contribution in [0.15, 0.2) is 18.2 Å². The standard InChI is InChI=1S/C14H23NO2/c1-10-9-12(7-8-13(10)16-5)15-11(2)14(3,4)17-6/h7-9,11,15H,1-6H3. The number of hydrogen-bond donors (Lipinski definition) is 1. The van der Waals surface area contributed by atoms with Crippen LogP contribution >= 0.6 is 0 Å². The van der Waals surface area contributed by atoms with Crippen LogP contribution in [-0.4, -0.2) is 25.9 Å². The summed E-state index contributed by atoms with van der Waals surface area (Å²) in [5.41, 5.74) is 2.01. The minimum atomic E-state index is -0.201. The normalized spacial score (nSPS) is 13.3. The average molecular weight is 237 g/mol. The Kier molecular flexibility index (Phi) is 4.40. The first-order valence-electron chi connectivity index (χ1n) is 5.87. The molecule has 0 spiro atoms. The first kappa shape index (κ1) is 13.8. The van der Waals surface area contributed by atoms with E-state index in [-0.39, 0.29) is 11.6 Å². The molecule has 0 amide bonds. The van der Waals surface area contributed by atoms with E-state index in [0.717, 1.165) is 17.0 Å². The first-order valence-corrected chi connectivity index (χ1v) is 5.87. The summed E-state index contributed by atoms with van der Waals surface area (Å²) < 4.78 is 10.7. The minimum absolute atomic E-state index is 0.201. The SMILES string of the molecule is COc1ccc(NC(C)C(C)(C)OC)cc1C. The maximum absolute atomic E-state index is 5.46. The molecule has 0 aliphatic heterocycles. The van der Waals surface area contributed by atoms with E-state index in [1.54, 1.807) is 14.2 Å². The van der Waals surface area contributed by atoms with E-state index >= 15 is 0 Å². The van der Waals surface area contributed by atoms with E-state index < -0.39 is 0 Å². The molecule has 1 aromatic carbocycles. The van der Waals surface area contributed by atoms with Gasteiger partial charge in [0, 0.05) is 12.8 Å². The molecule has 1 atom stereocenters. The summed E-state index contributed by atoms with van der Waals surface area (Å²) >= 11 is 0. The first-order chi connectivity index (χ1) is 7.90. The summed E-state index contributed by atoms with van der Waals surface area (Å²) in [5.74, 6) is 0.911. The van der Waals surface area contributed by atoms with Gasteiger partial charge in [-0.1, -0.05) is 0 Å². The third-order valence-electron chi connectivity index (χ3n) is 3.35. The lowest BCUT2D eigenvalue weighted by Gasteiger charge is -2.31. The topological polar surface area (TPSA) is 30.5 Å². The number of benzene rings is 1. The van der Waals surface area contributed by atoms with E-state index in [1.165, 1.54) is 0 Å². The van der Waals surface area contributed by atoms with Gasteiger partial charge in [-0.2, -0.15) is 0 Å². The molecular formula is C14H23NO2. The number of hydrogen-bond acceptors (Lipinski definition) is 3. The highest BCUT2D eigenvalue weighted by Crippen LogP contribution is 2.24. The minimum Gasteiger partial charge on any atom is -0.496 e. The zero-order valence-corrected chi connectivity index (χ0v) is 11.6. The molecule has 1 aromatic rings. The summed E-state index contributed by atoms with van der Waals surface area (Å²) in [6.07, 6.45) is 0. The summed E-state index contributed by atoms with van der Waals surface area (Å²) in [6.45, 7) is 8.29. The fourth-order valence-corrected chi connectivity index (χ4v) is 1.57. The van der Waals surface area contributed by atoms with Gasteiger partial charge in [-0.3, -0.25) is 0 Å². The molecule has 1 rings (SSSR count). The maximum atomic E-state index is 5.46. The van der Waals surface area contributed by atoms with Crippen molar-refractivity contribution in [3.8, 4) is 5.75 Å². The van der Waals surface area contributed by atoms with Crippen molar-refractivity contribution in [3.63, 3.8) is 0 Å². The van der Waals surface area contributed by atoms with E-state index in [1.807, 2.05) is 19.1 Å². The fourth-order valence-electron chi connectivity index (χ4n) is 1.57. The van der Waals surface area contributed by atoms with Crippen LogP contribution in [0.25, 0.3) is 0 Å². The van der Waals surface area contributed by atoms with Gasteiger partial charge < -0.3 is 14.8 Å². The average Bonchev–Trinajstić information content (AvgIpc) is 2.29. The van der Waals surface area contributed by atoms with E-state index in [9.17, 15) is 0 Å². The van der Waals surface area contributed by atoms with Crippen LogP contribution in [0.3, 0.4) is 0 Å². The Bertz CT molecular complexity index is 374. The van der Waals surface area contributed by atoms with Crippen molar-refractivity contribution >= 4 is 5.69 Å². The van der Waals surface area contributed by atoms with Gasteiger partial charge in [0.15, 0.2) is 0 Å². The van der Waals surface area contributed by atoms with Crippen LogP contribution in [0.4, 0.5) is 5.69 Å². The monoisotopic (exact) mass is 237 g/mol. The zero-order chi connectivity index (χ0) is 13.1. The lowest BCUT2D eigenvalue weighted by Crippen LogP contribution is -2.41. The van der Waals surface area contributed by atoms with Gasteiger partial charge in [-0.05, 0) is 51.5 Å². The highest BCUT2D eigenvalue weighted by atomic mass is 16.5. The Labute approximate surface area is 104 Å². The lowest BCUT2D eigenvalue weighted by molar-refractivity contribution is 0.0107. The van der Waals surface area contributed by atoms with Crippen molar-refractivity contribution in [2.75, 3.05) is 19.5 Å². The number of nitrogens with one attached hydrogen (secondary N) is 1. The summed E-state index contributed by atoms with van der Waals surface area (Å²) in [7, 11) is 3.42. The summed E-state index contributed by atoms with van der Waals surface area (Å²) in [5, 5.41) is 3.44. The van der Waals surface area contributed by atoms with Crippen LogP contribution in [0, 0.1) is 6.92 Å². The number of ether oxygens (including phenoxy) is 2. The van der Waals surface area contributed by atoms with E-state index in [2.05, 4.69) is 32.2 Å². The molecule has 3 heteroatoms. The third kappa shape index (κ3) is 3.37. The zero-order valence-electron chi connectivity index (χ0n) is 11.6. The van der Waals surface area contributed by atoms with Crippen molar-refractivity contribution in [1.82, 2.24) is 0 Å². The summed E-state index contributed by atoms with van der Waals surface area (Å²) in [6, 6.07) is 6.31. The van der Waals surface area contributed by atoms with Crippen LogP contribution in [-0.2, 0) is 4.74 Å². The van der Waals surface area contributed by atoms with Crippen LogP contribution in [0.2, 0.25) is 0 Å². The quantitative estimate of drug-likeness (QED) is 0.853. The number of anilines is 1. The predicted octanol–water partition coefficient (Wildman–Crippen LogP) is 3.23. The summed E-state index contributed by atoms with van der Waals surface area (Å²) in [4.78, 5) is 0. The Morgan fingerprint density at radius 2 is 1.88 bits per heavy atom. The number of rotatable bonds is 5. The van der Waals surface area contributed by atoms with Gasteiger partial charge in [-0.15, -0.1) is 0 Å². The second-order valence-electron chi connectivity index (χ2n) is 4.86. The molecule has 1 unspecified atom stereocenters. The highest BCUT2D eigenvalue weighted by Gasteiger charge is 2.25. The van der Waals surface area contributed by atoms with Crippen molar-refractivity contribution in [1.29, 1.82) is 0 Å². The van der Waals surface area contributed by atoms with Gasteiger partial charge in [0.1, 0.15) is 5.75 Å². The molecule has 96 valence electrons.